The quantitative estimate of drug-likeness (QED) is 0.799. The number of fused-ring (bicyclic) bond motifs is 1. The van der Waals surface area contributed by atoms with Gasteiger partial charge in [0.1, 0.15) is 5.78 Å². The summed E-state index contributed by atoms with van der Waals surface area (Å²) in [5, 5.41) is 0. The highest BCUT2D eigenvalue weighted by atomic mass is 16.1. The van der Waals surface area contributed by atoms with Gasteiger partial charge in [-0.25, -0.2) is 0 Å². The Balaban J connectivity index is 1.59. The van der Waals surface area contributed by atoms with Gasteiger partial charge in [-0.05, 0) is 45.1 Å². The molecule has 2 heterocycles. The van der Waals surface area contributed by atoms with Crippen LogP contribution in [0.15, 0.2) is 0 Å². The van der Waals surface area contributed by atoms with E-state index in [1.54, 1.807) is 0 Å². The van der Waals surface area contributed by atoms with Crippen LogP contribution in [0.5, 0.6) is 0 Å². The van der Waals surface area contributed by atoms with Crippen molar-refractivity contribution in [2.75, 3.05) is 26.2 Å². The van der Waals surface area contributed by atoms with Crippen molar-refractivity contribution in [3.8, 4) is 0 Å². The van der Waals surface area contributed by atoms with Crippen LogP contribution >= 0.6 is 0 Å². The van der Waals surface area contributed by atoms with E-state index in [9.17, 15) is 4.79 Å². The van der Waals surface area contributed by atoms with Crippen LogP contribution in [-0.4, -0.2) is 53.8 Å². The van der Waals surface area contributed by atoms with Crippen molar-refractivity contribution in [1.82, 2.24) is 9.80 Å². The Morgan fingerprint density at radius 1 is 1.19 bits per heavy atom. The van der Waals surface area contributed by atoms with Gasteiger partial charge in [0.25, 0.3) is 0 Å². The van der Waals surface area contributed by atoms with Crippen molar-refractivity contribution in [3.05, 3.63) is 0 Å². The van der Waals surface area contributed by atoms with Crippen LogP contribution in [-0.2, 0) is 4.79 Å². The van der Waals surface area contributed by atoms with Crippen molar-refractivity contribution >= 4 is 5.78 Å². The van der Waals surface area contributed by atoms with E-state index in [4.69, 9.17) is 0 Å². The number of nitrogens with zero attached hydrogens (tertiary/aromatic N) is 2. The van der Waals surface area contributed by atoms with Crippen molar-refractivity contribution in [2.24, 2.45) is 11.8 Å². The van der Waals surface area contributed by atoms with Crippen LogP contribution in [0.4, 0.5) is 0 Å². The number of piperazine rings is 1. The van der Waals surface area contributed by atoms with E-state index in [1.807, 2.05) is 0 Å². The highest BCUT2D eigenvalue weighted by Crippen LogP contribution is 2.31. The third kappa shape index (κ3) is 3.50. The van der Waals surface area contributed by atoms with Gasteiger partial charge in [0.2, 0.25) is 0 Å². The van der Waals surface area contributed by atoms with Crippen LogP contribution in [0.2, 0.25) is 0 Å². The molecule has 0 N–H and O–H groups in total. The molecule has 1 aliphatic carbocycles. The van der Waals surface area contributed by atoms with Gasteiger partial charge >= 0.3 is 0 Å². The lowest BCUT2D eigenvalue weighted by Gasteiger charge is -2.48. The van der Waals surface area contributed by atoms with E-state index in [1.165, 1.54) is 45.3 Å². The maximum atomic E-state index is 12.3. The third-order valence-electron chi connectivity index (χ3n) is 6.22. The molecule has 120 valence electrons. The van der Waals surface area contributed by atoms with Gasteiger partial charge in [0.05, 0.1) is 0 Å². The Bertz CT molecular complexity index is 370. The molecular weight excluding hydrogens is 260 g/mol. The monoisotopic (exact) mass is 292 g/mol. The number of piperidine rings is 1. The first-order chi connectivity index (χ1) is 10.2. The molecule has 0 amide bonds. The molecular formula is C18H32N2O. The second-order valence-corrected chi connectivity index (χ2v) is 7.66. The van der Waals surface area contributed by atoms with Crippen LogP contribution in [0.25, 0.3) is 0 Å². The van der Waals surface area contributed by atoms with Crippen molar-refractivity contribution in [2.45, 2.75) is 70.9 Å². The van der Waals surface area contributed by atoms with Gasteiger partial charge in [-0.15, -0.1) is 0 Å². The number of carbonyl (C=O) groups is 1. The maximum absolute atomic E-state index is 12.3. The van der Waals surface area contributed by atoms with Crippen molar-refractivity contribution in [1.29, 1.82) is 0 Å². The molecule has 4 atom stereocenters. The van der Waals surface area contributed by atoms with E-state index >= 15 is 0 Å². The average molecular weight is 292 g/mol. The first kappa shape index (κ1) is 15.5. The number of ketones is 1. The summed E-state index contributed by atoms with van der Waals surface area (Å²) >= 11 is 0. The smallest absolute Gasteiger partial charge is 0.137 e. The summed E-state index contributed by atoms with van der Waals surface area (Å²) in [7, 11) is 0. The maximum Gasteiger partial charge on any atom is 0.137 e. The van der Waals surface area contributed by atoms with Gasteiger partial charge in [-0.3, -0.25) is 14.6 Å². The Labute approximate surface area is 130 Å². The van der Waals surface area contributed by atoms with Crippen LogP contribution < -0.4 is 0 Å². The minimum atomic E-state index is 0.321. The second-order valence-electron chi connectivity index (χ2n) is 7.66. The fraction of sp³-hybridized carbons (Fsp3) is 0.944. The standard InChI is InChI=1S/C18H32N2O/c1-3-15-7-8-18(21)16(10-15)12-20-13-17-6-4-5-9-19(17)11-14(20)2/h14-17H,3-13H2,1-2H3. The molecule has 0 aromatic heterocycles. The molecule has 2 aliphatic heterocycles. The SMILES string of the molecule is CCC1CCC(=O)C(CN2CC3CCCCN3CC2C)C1. The van der Waals surface area contributed by atoms with Gasteiger partial charge in [-0.1, -0.05) is 19.8 Å². The summed E-state index contributed by atoms with van der Waals surface area (Å²) in [6, 6.07) is 1.38. The molecule has 0 bridgehead atoms. The Hall–Kier alpha value is -0.410. The predicted octanol–water partition coefficient (Wildman–Crippen LogP) is 2.94. The second kappa shape index (κ2) is 6.78. The Morgan fingerprint density at radius 2 is 2.05 bits per heavy atom. The molecule has 3 nitrogen and oxygen atoms in total. The highest BCUT2D eigenvalue weighted by molar-refractivity contribution is 5.82. The molecule has 1 saturated carbocycles. The van der Waals surface area contributed by atoms with Gasteiger partial charge < -0.3 is 0 Å². The van der Waals surface area contributed by atoms with E-state index in [2.05, 4.69) is 23.6 Å². The lowest BCUT2D eigenvalue weighted by Crippen LogP contribution is -2.59. The number of rotatable bonds is 3. The number of hydrogen-bond donors (Lipinski definition) is 0. The average Bonchev–Trinajstić information content (AvgIpc) is 2.50. The zero-order valence-corrected chi connectivity index (χ0v) is 13.9. The summed E-state index contributed by atoms with van der Waals surface area (Å²) < 4.78 is 0. The number of carbonyl (C=O) groups excluding carboxylic acids is 1. The zero-order chi connectivity index (χ0) is 14.8. The highest BCUT2D eigenvalue weighted by Gasteiger charge is 2.36. The minimum absolute atomic E-state index is 0.321. The first-order valence-corrected chi connectivity index (χ1v) is 9.18. The van der Waals surface area contributed by atoms with Gasteiger partial charge in [0, 0.05) is 44.1 Å². The van der Waals surface area contributed by atoms with Crippen LogP contribution in [0.1, 0.15) is 58.8 Å². The molecule has 21 heavy (non-hydrogen) atoms. The predicted molar refractivity (Wildman–Crippen MR) is 86.4 cm³/mol. The first-order valence-electron chi connectivity index (χ1n) is 9.18. The molecule has 0 spiro atoms. The summed E-state index contributed by atoms with van der Waals surface area (Å²) in [5.74, 6) is 1.65. The van der Waals surface area contributed by atoms with Crippen molar-refractivity contribution < 1.29 is 4.79 Å². The summed E-state index contributed by atoms with van der Waals surface area (Å²) in [5.41, 5.74) is 0. The van der Waals surface area contributed by atoms with Crippen molar-refractivity contribution in [3.63, 3.8) is 0 Å². The molecule has 3 rings (SSSR count). The van der Waals surface area contributed by atoms with E-state index in [-0.39, 0.29) is 0 Å². The van der Waals surface area contributed by atoms with Gasteiger partial charge in [-0.2, -0.15) is 0 Å². The van der Waals surface area contributed by atoms with Crippen LogP contribution in [0.3, 0.4) is 0 Å². The minimum Gasteiger partial charge on any atom is -0.299 e. The van der Waals surface area contributed by atoms with E-state index < -0.39 is 0 Å². The molecule has 4 unspecified atom stereocenters. The van der Waals surface area contributed by atoms with Gasteiger partial charge in [0.15, 0.2) is 0 Å². The largest absolute Gasteiger partial charge is 0.299 e. The number of hydrogen-bond acceptors (Lipinski definition) is 3. The summed E-state index contributed by atoms with van der Waals surface area (Å²) in [6.07, 6.45) is 8.49. The lowest BCUT2D eigenvalue weighted by molar-refractivity contribution is -0.127. The van der Waals surface area contributed by atoms with Crippen LogP contribution in [0, 0.1) is 11.8 Å². The molecule has 0 radical (unpaired) electrons. The summed E-state index contributed by atoms with van der Waals surface area (Å²) in [6.45, 7) is 9.37. The molecule has 0 aromatic rings. The molecule has 0 aromatic carbocycles. The lowest BCUT2D eigenvalue weighted by atomic mass is 9.78. The topological polar surface area (TPSA) is 23.6 Å². The molecule has 3 fully saturated rings. The molecule has 3 aliphatic rings. The van der Waals surface area contributed by atoms with E-state index in [0.717, 1.165) is 37.8 Å². The third-order valence-corrected chi connectivity index (χ3v) is 6.22. The fourth-order valence-electron chi connectivity index (χ4n) is 4.70. The van der Waals surface area contributed by atoms with E-state index in [0.29, 0.717) is 17.7 Å². The Kier molecular flexibility index (Phi) is 5.00. The molecule has 2 saturated heterocycles. The Morgan fingerprint density at radius 3 is 2.86 bits per heavy atom. The zero-order valence-electron chi connectivity index (χ0n) is 13.9. The number of Topliss-reactive ketones (excluding diaryl/α,β-unsaturated/α-hetero) is 1. The molecule has 3 heteroatoms. The summed E-state index contributed by atoms with van der Waals surface area (Å²) in [4.78, 5) is 17.6. The normalized spacial score (nSPS) is 39.2. The fourth-order valence-corrected chi connectivity index (χ4v) is 4.70.